The van der Waals surface area contributed by atoms with E-state index in [4.69, 9.17) is 25.5 Å². The molecule has 0 heterocycles. The molecule has 0 saturated heterocycles. The second kappa shape index (κ2) is 20.5. The first-order valence-corrected chi connectivity index (χ1v) is 13.8. The zero-order chi connectivity index (χ0) is 32.3. The summed E-state index contributed by atoms with van der Waals surface area (Å²) in [4.78, 5) is 44.1. The lowest BCUT2D eigenvalue weighted by Crippen LogP contribution is -2.50. The van der Waals surface area contributed by atoms with Crippen molar-refractivity contribution in [3.63, 3.8) is 0 Å². The number of hydrogen-bond acceptors (Lipinski definition) is 7. The first-order chi connectivity index (χ1) is 19.6. The molecule has 1 aromatic rings. The van der Waals surface area contributed by atoms with Crippen LogP contribution in [0.25, 0.3) is 0 Å². The van der Waals surface area contributed by atoms with Gasteiger partial charge in [0.2, 0.25) is 11.8 Å². The molecular formula is C28H44F3N3O8. The van der Waals surface area contributed by atoms with Gasteiger partial charge >= 0.3 is 18.1 Å². The van der Waals surface area contributed by atoms with Gasteiger partial charge in [0.15, 0.2) is 0 Å². The van der Waals surface area contributed by atoms with E-state index >= 15 is 0 Å². The van der Waals surface area contributed by atoms with Crippen molar-refractivity contribution < 1.29 is 52.4 Å². The minimum absolute atomic E-state index is 0.117. The number of amides is 2. The van der Waals surface area contributed by atoms with Gasteiger partial charge in [-0.05, 0) is 63.1 Å². The Morgan fingerprint density at radius 3 is 2.21 bits per heavy atom. The summed E-state index contributed by atoms with van der Waals surface area (Å²) in [5.74, 6) is -3.79. The summed E-state index contributed by atoms with van der Waals surface area (Å²) < 4.78 is 37.5. The van der Waals surface area contributed by atoms with Gasteiger partial charge in [-0.2, -0.15) is 13.2 Å². The summed E-state index contributed by atoms with van der Waals surface area (Å²) in [6, 6.07) is 6.07. The largest absolute Gasteiger partial charge is 0.494 e. The molecule has 0 fully saturated rings. The molecule has 7 N–H and O–H groups in total. The topological polar surface area (TPSA) is 188 Å². The van der Waals surface area contributed by atoms with Crippen molar-refractivity contribution in [2.45, 2.75) is 96.5 Å². The number of unbranched alkanes of at least 4 members (excludes halogenated alkanes) is 3. The third-order valence-corrected chi connectivity index (χ3v) is 5.98. The zero-order valence-electron chi connectivity index (χ0n) is 24.3. The molecule has 0 saturated carbocycles. The Morgan fingerprint density at radius 2 is 1.67 bits per heavy atom. The van der Waals surface area contributed by atoms with Crippen LogP contribution in [-0.2, 0) is 25.6 Å². The molecule has 4 unspecified atom stereocenters. The molecule has 4 atom stereocenters. The van der Waals surface area contributed by atoms with Crippen molar-refractivity contribution >= 4 is 23.8 Å². The van der Waals surface area contributed by atoms with Crippen molar-refractivity contribution in [3.8, 4) is 5.75 Å². The average molecular weight is 608 g/mol. The van der Waals surface area contributed by atoms with E-state index in [2.05, 4.69) is 10.6 Å². The second-order valence-electron chi connectivity index (χ2n) is 9.96. The number of aliphatic hydroxyl groups excluding tert-OH is 1. The molecule has 1 aromatic carbocycles. The van der Waals surface area contributed by atoms with Gasteiger partial charge in [-0.15, -0.1) is 0 Å². The number of ether oxygens (including phenoxy) is 1. The molecule has 0 aliphatic heterocycles. The molecule has 14 heteroatoms. The number of nitrogens with two attached hydrogens (primary N) is 1. The first kappa shape index (κ1) is 38.6. The maximum Gasteiger partial charge on any atom is 0.490 e. The van der Waals surface area contributed by atoms with E-state index in [-0.39, 0.29) is 24.7 Å². The molecule has 0 aliphatic rings. The molecule has 1 rings (SSSR count). The molecule has 0 aromatic heterocycles. The maximum absolute atomic E-state index is 12.3. The van der Waals surface area contributed by atoms with Gasteiger partial charge in [-0.1, -0.05) is 32.4 Å². The fourth-order valence-electron chi connectivity index (χ4n) is 3.55. The Hall–Kier alpha value is -3.39. The third-order valence-electron chi connectivity index (χ3n) is 5.98. The van der Waals surface area contributed by atoms with E-state index < -0.39 is 42.2 Å². The van der Waals surface area contributed by atoms with Crippen LogP contribution >= 0.6 is 0 Å². The van der Waals surface area contributed by atoms with Gasteiger partial charge in [0.1, 0.15) is 5.75 Å². The molecule has 11 nitrogen and oxygen atoms in total. The van der Waals surface area contributed by atoms with Crippen LogP contribution in [0, 0.1) is 5.92 Å². The smallest absolute Gasteiger partial charge is 0.490 e. The summed E-state index contributed by atoms with van der Waals surface area (Å²) in [5.41, 5.74) is 6.58. The summed E-state index contributed by atoms with van der Waals surface area (Å²) >= 11 is 0. The van der Waals surface area contributed by atoms with E-state index in [0.29, 0.717) is 31.7 Å². The van der Waals surface area contributed by atoms with Crippen LogP contribution in [0.5, 0.6) is 5.75 Å². The van der Waals surface area contributed by atoms with Crippen LogP contribution in [0.2, 0.25) is 0 Å². The number of carboxylic acids is 2. The number of aliphatic hydroxyl groups is 1. The number of benzene rings is 1. The Labute approximate surface area is 244 Å². The Morgan fingerprint density at radius 1 is 1.02 bits per heavy atom. The summed E-state index contributed by atoms with van der Waals surface area (Å²) in [7, 11) is 0. The Bertz CT molecular complexity index is 976. The molecule has 0 radical (unpaired) electrons. The Kier molecular flexibility index (Phi) is 18.8. The van der Waals surface area contributed by atoms with Crippen molar-refractivity contribution in [1.82, 2.24) is 10.6 Å². The lowest BCUT2D eigenvalue weighted by Gasteiger charge is -2.27. The highest BCUT2D eigenvalue weighted by Crippen LogP contribution is 2.19. The van der Waals surface area contributed by atoms with E-state index in [9.17, 15) is 32.7 Å². The zero-order valence-corrected chi connectivity index (χ0v) is 24.3. The minimum atomic E-state index is -5.08. The number of hydrogen-bond donors (Lipinski definition) is 6. The van der Waals surface area contributed by atoms with Crippen LogP contribution in [0.3, 0.4) is 0 Å². The number of aliphatic carboxylic acids is 2. The molecule has 42 heavy (non-hydrogen) atoms. The van der Waals surface area contributed by atoms with Crippen LogP contribution in [0.4, 0.5) is 13.2 Å². The van der Waals surface area contributed by atoms with Crippen LogP contribution < -0.4 is 21.1 Å². The molecule has 0 spiro atoms. The monoisotopic (exact) mass is 607 g/mol. The van der Waals surface area contributed by atoms with Gasteiger partial charge in [0.05, 0.1) is 24.8 Å². The molecule has 0 aliphatic carbocycles. The van der Waals surface area contributed by atoms with Gasteiger partial charge < -0.3 is 36.4 Å². The molecule has 0 bridgehead atoms. The van der Waals surface area contributed by atoms with Gasteiger partial charge in [-0.3, -0.25) is 14.4 Å². The standard InChI is InChI=1S/C26H43N3O6.C2HF3O2/c1-4-5-13-28-25(33)18(2)15-23(30)22(29-26(34)19(3)27)17-20-10-9-11-21(16-20)35-14-8-6-7-12-24(31)32;3-2(4,5)1(6)7/h9-11,16,18-19,22-23,30H,4-8,12-15,17,27H2,1-3H3,(H,28,33)(H,29,34)(H,31,32);(H,6,7). The molecule has 2 amide bonds. The fourth-order valence-corrected chi connectivity index (χ4v) is 3.55. The normalized spacial score (nSPS) is 13.9. The van der Waals surface area contributed by atoms with E-state index in [1.807, 2.05) is 31.2 Å². The van der Waals surface area contributed by atoms with E-state index in [1.165, 1.54) is 0 Å². The number of rotatable bonds is 18. The van der Waals surface area contributed by atoms with E-state index in [1.54, 1.807) is 13.8 Å². The summed E-state index contributed by atoms with van der Waals surface area (Å²) in [6.07, 6.45) is -1.30. The third kappa shape index (κ3) is 18.1. The second-order valence-corrected chi connectivity index (χ2v) is 9.96. The lowest BCUT2D eigenvalue weighted by molar-refractivity contribution is -0.192. The summed E-state index contributed by atoms with van der Waals surface area (Å²) in [6.45, 7) is 6.47. The molecular weight excluding hydrogens is 563 g/mol. The number of halogens is 3. The predicted octanol–water partition coefficient (Wildman–Crippen LogP) is 3.02. The summed E-state index contributed by atoms with van der Waals surface area (Å²) in [5, 5.41) is 32.4. The first-order valence-electron chi connectivity index (χ1n) is 13.8. The van der Waals surface area contributed by atoms with Crippen molar-refractivity contribution in [2.75, 3.05) is 13.2 Å². The number of nitrogens with one attached hydrogen (secondary N) is 2. The van der Waals surface area contributed by atoms with E-state index in [0.717, 1.165) is 31.2 Å². The van der Waals surface area contributed by atoms with Crippen molar-refractivity contribution in [1.29, 1.82) is 0 Å². The van der Waals surface area contributed by atoms with Gasteiger partial charge in [-0.25, -0.2) is 4.79 Å². The van der Waals surface area contributed by atoms with Gasteiger partial charge in [0.25, 0.3) is 0 Å². The van der Waals surface area contributed by atoms with Crippen molar-refractivity contribution in [3.05, 3.63) is 29.8 Å². The number of carbonyl (C=O) groups is 4. The molecule has 240 valence electrons. The predicted molar refractivity (Wildman–Crippen MR) is 149 cm³/mol. The quantitative estimate of drug-likeness (QED) is 0.136. The van der Waals surface area contributed by atoms with Crippen LogP contribution in [-0.4, -0.2) is 76.6 Å². The number of alkyl halides is 3. The van der Waals surface area contributed by atoms with Crippen LogP contribution in [0.15, 0.2) is 24.3 Å². The highest BCUT2D eigenvalue weighted by molar-refractivity contribution is 5.81. The average Bonchev–Trinajstić information content (AvgIpc) is 2.90. The number of carbonyl (C=O) groups excluding carboxylic acids is 2. The maximum atomic E-state index is 12.3. The lowest BCUT2D eigenvalue weighted by atomic mass is 9.93. The van der Waals surface area contributed by atoms with Crippen molar-refractivity contribution in [2.24, 2.45) is 11.7 Å². The SMILES string of the molecule is CCCCNC(=O)C(C)CC(O)C(Cc1cccc(OCCCCCC(=O)O)c1)NC(=O)C(C)N.O=C(O)C(F)(F)F. The fraction of sp³-hybridized carbons (Fsp3) is 0.643. The highest BCUT2D eigenvalue weighted by atomic mass is 19.4. The Balaban J connectivity index is 0.00000212. The van der Waals surface area contributed by atoms with Crippen LogP contribution in [0.1, 0.15) is 71.3 Å². The van der Waals surface area contributed by atoms with Gasteiger partial charge in [0, 0.05) is 18.9 Å². The highest BCUT2D eigenvalue weighted by Gasteiger charge is 2.38. The number of carboxylic acid groups (broad SMARTS) is 2. The minimum Gasteiger partial charge on any atom is -0.494 e.